The summed E-state index contributed by atoms with van der Waals surface area (Å²) < 4.78 is 44.9. The van der Waals surface area contributed by atoms with E-state index in [0.29, 0.717) is 11.1 Å². The number of urea groups is 1. The molecule has 0 bridgehead atoms. The Balaban J connectivity index is 1.98. The van der Waals surface area contributed by atoms with Crippen molar-refractivity contribution < 1.29 is 32.3 Å². The van der Waals surface area contributed by atoms with Crippen LogP contribution in [0.5, 0.6) is 0 Å². The first-order chi connectivity index (χ1) is 13.1. The average Bonchev–Trinajstić information content (AvgIpc) is 2.97. The molecular formula is C17H19F3N4O4. The number of carbonyl (C=O) groups is 3. The van der Waals surface area contributed by atoms with Gasteiger partial charge >= 0.3 is 18.2 Å². The number of amides is 3. The van der Waals surface area contributed by atoms with Crippen LogP contribution in [0, 0.1) is 5.92 Å². The molecule has 0 fully saturated rings. The summed E-state index contributed by atoms with van der Waals surface area (Å²) >= 11 is 0. The van der Waals surface area contributed by atoms with E-state index in [1.807, 2.05) is 19.2 Å². The molecule has 2 N–H and O–H groups in total. The summed E-state index contributed by atoms with van der Waals surface area (Å²) in [6, 6.07) is 5.04. The maximum absolute atomic E-state index is 13.2. The van der Waals surface area contributed by atoms with Gasteiger partial charge in [-0.25, -0.2) is 9.78 Å². The minimum atomic E-state index is -4.77. The molecule has 28 heavy (non-hydrogen) atoms. The van der Waals surface area contributed by atoms with Gasteiger partial charge in [0.05, 0.1) is 11.0 Å². The Labute approximate surface area is 158 Å². The number of para-hydroxylation sites is 2. The summed E-state index contributed by atoms with van der Waals surface area (Å²) in [6.45, 7) is 2.47. The van der Waals surface area contributed by atoms with Gasteiger partial charge in [-0.2, -0.15) is 13.2 Å². The molecule has 1 aromatic heterocycles. The predicted octanol–water partition coefficient (Wildman–Crippen LogP) is 2.08. The molecule has 0 unspecified atom stereocenters. The van der Waals surface area contributed by atoms with Crippen molar-refractivity contribution in [3.8, 4) is 0 Å². The van der Waals surface area contributed by atoms with Crippen LogP contribution >= 0.6 is 0 Å². The van der Waals surface area contributed by atoms with Crippen LogP contribution in [0.1, 0.15) is 19.7 Å². The zero-order valence-electron chi connectivity index (χ0n) is 15.2. The van der Waals surface area contributed by atoms with E-state index >= 15 is 0 Å². The van der Waals surface area contributed by atoms with Gasteiger partial charge in [0.15, 0.2) is 6.61 Å². The van der Waals surface area contributed by atoms with Gasteiger partial charge in [0.25, 0.3) is 5.91 Å². The van der Waals surface area contributed by atoms with Gasteiger partial charge in [0.1, 0.15) is 6.54 Å². The van der Waals surface area contributed by atoms with Gasteiger partial charge < -0.3 is 14.6 Å². The van der Waals surface area contributed by atoms with Crippen molar-refractivity contribution in [3.05, 3.63) is 30.1 Å². The molecule has 11 heteroatoms. The first kappa shape index (κ1) is 21.2. The number of benzene rings is 1. The lowest BCUT2D eigenvalue weighted by atomic mass is 10.2. The second-order valence-electron chi connectivity index (χ2n) is 6.32. The van der Waals surface area contributed by atoms with E-state index in [1.165, 1.54) is 24.3 Å². The molecule has 0 atom stereocenters. The molecule has 1 heterocycles. The number of nitrogens with zero attached hydrogens (tertiary/aromatic N) is 2. The molecule has 0 aliphatic rings. The highest BCUT2D eigenvalue weighted by Gasteiger charge is 2.38. The first-order valence-electron chi connectivity index (χ1n) is 8.33. The molecule has 0 aliphatic heterocycles. The maximum atomic E-state index is 13.2. The molecule has 152 valence electrons. The largest absolute Gasteiger partial charge is 0.454 e. The molecule has 2 rings (SSSR count). The van der Waals surface area contributed by atoms with Gasteiger partial charge in [-0.3, -0.25) is 14.9 Å². The molecule has 2 aromatic rings. The van der Waals surface area contributed by atoms with Gasteiger partial charge in [0, 0.05) is 6.54 Å². The molecule has 0 aliphatic carbocycles. The van der Waals surface area contributed by atoms with Crippen molar-refractivity contribution >= 4 is 28.9 Å². The van der Waals surface area contributed by atoms with Crippen molar-refractivity contribution in [2.24, 2.45) is 5.92 Å². The number of nitrogens with one attached hydrogen (secondary N) is 2. The predicted molar refractivity (Wildman–Crippen MR) is 92.1 cm³/mol. The second kappa shape index (κ2) is 8.72. The van der Waals surface area contributed by atoms with Crippen molar-refractivity contribution in [3.63, 3.8) is 0 Å². The molecule has 0 spiro atoms. The number of alkyl halides is 3. The van der Waals surface area contributed by atoms with Gasteiger partial charge in [-0.15, -0.1) is 0 Å². The van der Waals surface area contributed by atoms with Crippen LogP contribution in [-0.4, -0.2) is 40.6 Å². The Hall–Kier alpha value is -3.11. The number of imidazole rings is 1. The Morgan fingerprint density at radius 2 is 1.89 bits per heavy atom. The summed E-state index contributed by atoms with van der Waals surface area (Å²) in [4.78, 5) is 38.5. The average molecular weight is 400 g/mol. The number of imide groups is 1. The number of fused-ring (bicyclic) bond motifs is 1. The summed E-state index contributed by atoms with van der Waals surface area (Å²) in [7, 11) is 0. The van der Waals surface area contributed by atoms with Crippen LogP contribution in [-0.2, 0) is 27.0 Å². The number of rotatable bonds is 6. The number of carbonyl (C=O) groups excluding carboxylic acids is 3. The highest BCUT2D eigenvalue weighted by Crippen LogP contribution is 2.31. The van der Waals surface area contributed by atoms with Crippen LogP contribution < -0.4 is 10.6 Å². The lowest BCUT2D eigenvalue weighted by molar-refractivity contribution is -0.153. The maximum Gasteiger partial charge on any atom is 0.449 e. The van der Waals surface area contributed by atoms with Crippen molar-refractivity contribution in [1.82, 2.24) is 20.2 Å². The number of ether oxygens (including phenoxy) is 1. The fourth-order valence-electron chi connectivity index (χ4n) is 2.28. The van der Waals surface area contributed by atoms with Crippen LogP contribution in [0.2, 0.25) is 0 Å². The molecular weight excluding hydrogens is 381 g/mol. The Kier molecular flexibility index (Phi) is 6.60. The fraction of sp³-hybridized carbons (Fsp3) is 0.412. The molecule has 1 aromatic carbocycles. The van der Waals surface area contributed by atoms with E-state index < -0.39 is 43.1 Å². The van der Waals surface area contributed by atoms with E-state index in [4.69, 9.17) is 0 Å². The number of aromatic nitrogens is 2. The Bertz CT molecular complexity index is 877. The molecule has 0 saturated carbocycles. The van der Waals surface area contributed by atoms with Crippen LogP contribution in [0.15, 0.2) is 24.3 Å². The molecule has 8 nitrogen and oxygen atoms in total. The monoisotopic (exact) mass is 400 g/mol. The molecule has 3 amide bonds. The SMILES string of the molecule is CC(C)CNC(=O)NC(=O)COC(=O)Cn1c(C(F)(F)F)nc2ccccc21. The lowest BCUT2D eigenvalue weighted by Crippen LogP contribution is -2.42. The summed E-state index contributed by atoms with van der Waals surface area (Å²) in [5.74, 6) is -3.05. The minimum Gasteiger partial charge on any atom is -0.454 e. The van der Waals surface area contributed by atoms with Crippen LogP contribution in [0.4, 0.5) is 18.0 Å². The van der Waals surface area contributed by atoms with Crippen molar-refractivity contribution in [2.75, 3.05) is 13.2 Å². The normalized spacial score (nSPS) is 11.5. The highest BCUT2D eigenvalue weighted by atomic mass is 19.4. The lowest BCUT2D eigenvalue weighted by Gasteiger charge is -2.11. The molecule has 0 radical (unpaired) electrons. The smallest absolute Gasteiger partial charge is 0.449 e. The van der Waals surface area contributed by atoms with Crippen LogP contribution in [0.3, 0.4) is 0 Å². The zero-order valence-corrected chi connectivity index (χ0v) is 15.2. The topological polar surface area (TPSA) is 102 Å². The second-order valence-corrected chi connectivity index (χ2v) is 6.32. The van der Waals surface area contributed by atoms with Gasteiger partial charge in [-0.1, -0.05) is 26.0 Å². The number of hydrogen-bond acceptors (Lipinski definition) is 5. The summed E-state index contributed by atoms with van der Waals surface area (Å²) in [5, 5.41) is 4.38. The van der Waals surface area contributed by atoms with Gasteiger partial charge in [0.2, 0.25) is 5.82 Å². The first-order valence-corrected chi connectivity index (χ1v) is 8.33. The Morgan fingerprint density at radius 3 is 2.54 bits per heavy atom. The Morgan fingerprint density at radius 1 is 1.21 bits per heavy atom. The van der Waals surface area contributed by atoms with E-state index in [2.05, 4.69) is 15.0 Å². The van der Waals surface area contributed by atoms with E-state index in [1.54, 1.807) is 0 Å². The molecule has 0 saturated heterocycles. The third kappa shape index (κ3) is 5.69. The number of hydrogen-bond donors (Lipinski definition) is 2. The van der Waals surface area contributed by atoms with Gasteiger partial charge in [-0.05, 0) is 18.1 Å². The third-order valence-corrected chi connectivity index (χ3v) is 3.48. The summed E-state index contributed by atoms with van der Waals surface area (Å²) in [5.41, 5.74) is 0.173. The standard InChI is InChI=1S/C17H19F3N4O4/c1-10(2)7-21-16(27)23-13(25)9-28-14(26)8-24-12-6-4-3-5-11(12)22-15(24)17(18,19)20/h3-6,10H,7-9H2,1-2H3,(H2,21,23,25,27). The van der Waals surface area contributed by atoms with Crippen LogP contribution in [0.25, 0.3) is 11.0 Å². The van der Waals surface area contributed by atoms with E-state index in [-0.39, 0.29) is 17.0 Å². The number of esters is 1. The summed E-state index contributed by atoms with van der Waals surface area (Å²) in [6.07, 6.45) is -4.77. The quantitative estimate of drug-likeness (QED) is 0.723. The van der Waals surface area contributed by atoms with E-state index in [9.17, 15) is 27.6 Å². The highest BCUT2D eigenvalue weighted by molar-refractivity contribution is 5.95. The van der Waals surface area contributed by atoms with Crippen molar-refractivity contribution in [1.29, 1.82) is 0 Å². The van der Waals surface area contributed by atoms with E-state index in [0.717, 1.165) is 0 Å². The number of halogens is 3. The zero-order chi connectivity index (χ0) is 20.9. The fourth-order valence-corrected chi connectivity index (χ4v) is 2.28. The minimum absolute atomic E-state index is 0.0715. The third-order valence-electron chi connectivity index (χ3n) is 3.48. The van der Waals surface area contributed by atoms with Crippen molar-refractivity contribution in [2.45, 2.75) is 26.6 Å².